The number of nitrogens with one attached hydrogen (secondary N) is 1. The Morgan fingerprint density at radius 3 is 2.21 bits per heavy atom. The Balaban J connectivity index is 1.71. The van der Waals surface area contributed by atoms with E-state index < -0.39 is 28.5 Å². The van der Waals surface area contributed by atoms with Crippen molar-refractivity contribution in [2.45, 2.75) is 62.6 Å². The molecule has 12 heteroatoms. The quantitative estimate of drug-likeness (QED) is 0.244. The fourth-order valence-electron chi connectivity index (χ4n) is 4.90. The number of nitrogens with zero attached hydrogens (tertiary/aromatic N) is 2. The number of anilines is 1. The van der Waals surface area contributed by atoms with Crippen molar-refractivity contribution < 1.29 is 18.0 Å². The number of hydrogen-bond donors (Lipinski definition) is 1. The summed E-state index contributed by atoms with van der Waals surface area (Å²) in [7, 11) is -4.27. The lowest BCUT2D eigenvalue weighted by Gasteiger charge is -2.33. The van der Waals surface area contributed by atoms with Crippen LogP contribution in [0.25, 0.3) is 0 Å². The molecule has 1 aliphatic carbocycles. The normalized spacial score (nSPS) is 14.7. The van der Waals surface area contributed by atoms with E-state index >= 15 is 0 Å². The number of carbonyl (C=O) groups excluding carboxylic acids is 2. The average molecular weight is 671 g/mol. The van der Waals surface area contributed by atoms with E-state index in [9.17, 15) is 18.0 Å². The van der Waals surface area contributed by atoms with Crippen molar-refractivity contribution in [3.8, 4) is 0 Å². The van der Waals surface area contributed by atoms with E-state index in [0.29, 0.717) is 15.6 Å². The van der Waals surface area contributed by atoms with Gasteiger partial charge in [-0.3, -0.25) is 13.9 Å². The summed E-state index contributed by atoms with van der Waals surface area (Å²) < 4.78 is 28.7. The Morgan fingerprint density at radius 1 is 0.881 bits per heavy atom. The Labute approximate surface area is 266 Å². The molecule has 3 aromatic carbocycles. The number of amides is 2. The molecule has 4 rings (SSSR count). The molecule has 1 atom stereocenters. The Bertz CT molecular complexity index is 1530. The molecule has 0 aromatic heterocycles. The molecular weight excluding hydrogens is 640 g/mol. The molecule has 1 aliphatic rings. The summed E-state index contributed by atoms with van der Waals surface area (Å²) in [6, 6.07) is 16.1. The van der Waals surface area contributed by atoms with Gasteiger partial charge in [-0.1, -0.05) is 89.9 Å². The summed E-state index contributed by atoms with van der Waals surface area (Å²) in [6.07, 6.45) is 4.92. The third kappa shape index (κ3) is 7.91. The summed E-state index contributed by atoms with van der Waals surface area (Å²) in [4.78, 5) is 28.8. The molecule has 7 nitrogen and oxygen atoms in total. The maximum Gasteiger partial charge on any atom is 0.264 e. The van der Waals surface area contributed by atoms with Crippen LogP contribution >= 0.6 is 46.4 Å². The molecule has 0 heterocycles. The van der Waals surface area contributed by atoms with E-state index in [-0.39, 0.29) is 39.1 Å². The van der Waals surface area contributed by atoms with Gasteiger partial charge in [-0.2, -0.15) is 0 Å². The van der Waals surface area contributed by atoms with Crippen LogP contribution in [0.15, 0.2) is 71.6 Å². The predicted molar refractivity (Wildman–Crippen MR) is 169 cm³/mol. The zero-order valence-corrected chi connectivity index (χ0v) is 26.7. The van der Waals surface area contributed by atoms with Gasteiger partial charge in [0.15, 0.2) is 0 Å². The molecule has 0 bridgehead atoms. The van der Waals surface area contributed by atoms with Crippen LogP contribution < -0.4 is 9.62 Å². The fraction of sp³-hybridized carbons (Fsp3) is 0.333. The SMILES string of the molecule is C[C@H](C(=O)NC1CCCCC1)N(Cc1ccc(Cl)c(Cl)c1)C(=O)CN(c1cc(Cl)ccc1Cl)S(=O)(=O)c1ccccc1. The zero-order valence-electron chi connectivity index (χ0n) is 22.9. The summed E-state index contributed by atoms with van der Waals surface area (Å²) in [5.41, 5.74) is 0.656. The summed E-state index contributed by atoms with van der Waals surface area (Å²) >= 11 is 25.0. The van der Waals surface area contributed by atoms with E-state index in [1.165, 1.54) is 35.2 Å². The highest BCUT2D eigenvalue weighted by atomic mass is 35.5. The van der Waals surface area contributed by atoms with Crippen molar-refractivity contribution >= 4 is 73.9 Å². The lowest BCUT2D eigenvalue weighted by atomic mass is 9.95. The van der Waals surface area contributed by atoms with Gasteiger partial charge in [0.1, 0.15) is 12.6 Å². The monoisotopic (exact) mass is 669 g/mol. The van der Waals surface area contributed by atoms with E-state index in [2.05, 4.69) is 5.32 Å². The minimum atomic E-state index is -4.27. The van der Waals surface area contributed by atoms with E-state index in [1.807, 2.05) is 0 Å². The summed E-state index contributed by atoms with van der Waals surface area (Å²) in [5, 5.41) is 4.03. The molecule has 224 valence electrons. The van der Waals surface area contributed by atoms with Gasteiger partial charge < -0.3 is 10.2 Å². The highest BCUT2D eigenvalue weighted by Crippen LogP contribution is 2.33. The second-order valence-electron chi connectivity index (χ2n) is 10.2. The lowest BCUT2D eigenvalue weighted by molar-refractivity contribution is -0.139. The average Bonchev–Trinajstić information content (AvgIpc) is 2.98. The number of carbonyl (C=O) groups is 2. The molecule has 0 unspecified atom stereocenters. The highest BCUT2D eigenvalue weighted by molar-refractivity contribution is 7.92. The highest BCUT2D eigenvalue weighted by Gasteiger charge is 2.34. The molecule has 3 aromatic rings. The smallest absolute Gasteiger partial charge is 0.264 e. The first kappa shape index (κ1) is 32.4. The largest absolute Gasteiger partial charge is 0.352 e. The van der Waals surface area contributed by atoms with Gasteiger partial charge in [-0.25, -0.2) is 8.42 Å². The number of benzene rings is 3. The first-order chi connectivity index (χ1) is 20.0. The van der Waals surface area contributed by atoms with E-state index in [1.54, 1.807) is 43.3 Å². The molecule has 0 radical (unpaired) electrons. The Hall–Kier alpha value is -2.49. The van der Waals surface area contributed by atoms with E-state index in [4.69, 9.17) is 46.4 Å². The number of rotatable bonds is 10. The second-order valence-corrected chi connectivity index (χ2v) is 13.7. The third-order valence-electron chi connectivity index (χ3n) is 7.24. The first-order valence-corrected chi connectivity index (χ1v) is 16.5. The maximum absolute atomic E-state index is 14.1. The zero-order chi connectivity index (χ0) is 30.4. The van der Waals surface area contributed by atoms with Gasteiger partial charge in [-0.05, 0) is 67.8 Å². The van der Waals surface area contributed by atoms with Crippen molar-refractivity contribution in [2.24, 2.45) is 0 Å². The Morgan fingerprint density at radius 2 is 1.55 bits per heavy atom. The van der Waals surface area contributed by atoms with Gasteiger partial charge >= 0.3 is 0 Å². The van der Waals surface area contributed by atoms with Crippen molar-refractivity contribution in [2.75, 3.05) is 10.8 Å². The lowest BCUT2D eigenvalue weighted by Crippen LogP contribution is -2.53. The number of sulfonamides is 1. The van der Waals surface area contributed by atoms with Gasteiger partial charge in [0.2, 0.25) is 11.8 Å². The molecule has 0 saturated heterocycles. The van der Waals surface area contributed by atoms with Crippen LogP contribution in [0.5, 0.6) is 0 Å². The molecule has 42 heavy (non-hydrogen) atoms. The molecule has 1 fully saturated rings. The van der Waals surface area contributed by atoms with Crippen LogP contribution in [0.1, 0.15) is 44.6 Å². The minimum Gasteiger partial charge on any atom is -0.352 e. The topological polar surface area (TPSA) is 86.8 Å². The molecule has 1 N–H and O–H groups in total. The van der Waals surface area contributed by atoms with Gasteiger partial charge in [-0.15, -0.1) is 0 Å². The summed E-state index contributed by atoms with van der Waals surface area (Å²) in [6.45, 7) is 0.965. The summed E-state index contributed by atoms with van der Waals surface area (Å²) in [5.74, 6) is -0.948. The molecule has 1 saturated carbocycles. The minimum absolute atomic E-state index is 0.0164. The maximum atomic E-state index is 14.1. The van der Waals surface area contributed by atoms with Crippen LogP contribution in [0.3, 0.4) is 0 Å². The van der Waals surface area contributed by atoms with Crippen molar-refractivity contribution in [3.63, 3.8) is 0 Å². The van der Waals surface area contributed by atoms with Crippen molar-refractivity contribution in [1.29, 1.82) is 0 Å². The van der Waals surface area contributed by atoms with Crippen LogP contribution in [-0.4, -0.2) is 43.8 Å². The van der Waals surface area contributed by atoms with Crippen LogP contribution in [0, 0.1) is 0 Å². The molecule has 0 aliphatic heterocycles. The van der Waals surface area contributed by atoms with Gasteiger partial charge in [0.25, 0.3) is 10.0 Å². The van der Waals surface area contributed by atoms with Gasteiger partial charge in [0, 0.05) is 17.6 Å². The van der Waals surface area contributed by atoms with Crippen LogP contribution in [-0.2, 0) is 26.2 Å². The predicted octanol–water partition coefficient (Wildman–Crippen LogP) is 7.36. The third-order valence-corrected chi connectivity index (χ3v) is 10.3. The second kappa shape index (κ2) is 14.3. The molecule has 0 spiro atoms. The van der Waals surface area contributed by atoms with Crippen LogP contribution in [0.4, 0.5) is 5.69 Å². The van der Waals surface area contributed by atoms with Crippen LogP contribution in [0.2, 0.25) is 20.1 Å². The van der Waals surface area contributed by atoms with E-state index in [0.717, 1.165) is 36.4 Å². The van der Waals surface area contributed by atoms with Crippen molar-refractivity contribution in [1.82, 2.24) is 10.2 Å². The van der Waals surface area contributed by atoms with Gasteiger partial charge in [0.05, 0.1) is 25.7 Å². The molecule has 2 amide bonds. The number of hydrogen-bond acceptors (Lipinski definition) is 4. The Kier molecular flexibility index (Phi) is 11.1. The molecular formula is C30H31Cl4N3O4S. The fourth-order valence-corrected chi connectivity index (χ4v) is 7.10. The standard InChI is InChI=1S/C30H31Cl4N3O4S/c1-20(30(39)35-23-8-4-2-5-9-23)36(18-21-12-14-25(32)27(34)16-21)29(38)19-37(28-17-22(31)13-15-26(28)33)42(40,41)24-10-6-3-7-11-24/h3,6-7,10-17,20,23H,2,4-5,8-9,18-19H2,1H3,(H,35,39)/t20-/m1/s1. The number of halogens is 4. The van der Waals surface area contributed by atoms with Crippen molar-refractivity contribution in [3.05, 3.63) is 92.4 Å². The first-order valence-electron chi connectivity index (χ1n) is 13.5.